The maximum absolute atomic E-state index is 13.8. The van der Waals surface area contributed by atoms with E-state index in [1.165, 1.54) is 24.3 Å². The maximum Gasteiger partial charge on any atom is 0.297 e. The summed E-state index contributed by atoms with van der Waals surface area (Å²) in [6.45, 7) is -0.163. The molecule has 1 aromatic carbocycles. The van der Waals surface area contributed by atoms with Gasteiger partial charge in [-0.15, -0.1) is 0 Å². The van der Waals surface area contributed by atoms with Gasteiger partial charge in [0.25, 0.3) is 5.92 Å². The monoisotopic (exact) mass is 203 g/mol. The lowest BCUT2D eigenvalue weighted by atomic mass is 9.91. The molecule has 0 aliphatic rings. The molecule has 0 bridgehead atoms. The van der Waals surface area contributed by atoms with Crippen LogP contribution in [0, 0.1) is 0 Å². The molecular formula is C10H12F3N. The van der Waals surface area contributed by atoms with E-state index in [2.05, 4.69) is 0 Å². The van der Waals surface area contributed by atoms with Crippen molar-refractivity contribution >= 4 is 0 Å². The summed E-state index contributed by atoms with van der Waals surface area (Å²) in [4.78, 5) is 0. The number of hydrogen-bond acceptors (Lipinski definition) is 1. The molecule has 1 atom stereocenters. The van der Waals surface area contributed by atoms with Crippen LogP contribution < -0.4 is 5.73 Å². The van der Waals surface area contributed by atoms with E-state index in [1.807, 2.05) is 0 Å². The fourth-order valence-corrected chi connectivity index (χ4v) is 1.15. The summed E-state index contributed by atoms with van der Waals surface area (Å²) in [6, 6.07) is 7.31. The molecule has 1 unspecified atom stereocenters. The van der Waals surface area contributed by atoms with Crippen LogP contribution in [0.1, 0.15) is 12.5 Å². The number of benzene rings is 1. The highest BCUT2D eigenvalue weighted by Crippen LogP contribution is 2.40. The highest BCUT2D eigenvalue weighted by Gasteiger charge is 2.51. The zero-order valence-corrected chi connectivity index (χ0v) is 7.81. The lowest BCUT2D eigenvalue weighted by Gasteiger charge is -2.29. The van der Waals surface area contributed by atoms with E-state index < -0.39 is 18.1 Å². The molecule has 0 radical (unpaired) electrons. The van der Waals surface area contributed by atoms with E-state index in [1.54, 1.807) is 6.07 Å². The first-order valence-electron chi connectivity index (χ1n) is 4.24. The zero-order chi connectivity index (χ0) is 10.8. The molecular weight excluding hydrogens is 191 g/mol. The molecule has 14 heavy (non-hydrogen) atoms. The Kier molecular flexibility index (Phi) is 2.85. The van der Waals surface area contributed by atoms with Crippen molar-refractivity contribution < 1.29 is 13.2 Å². The predicted octanol–water partition coefficient (Wildman–Crippen LogP) is 2.47. The van der Waals surface area contributed by atoms with E-state index in [4.69, 9.17) is 5.73 Å². The lowest BCUT2D eigenvalue weighted by Crippen LogP contribution is -2.45. The number of halogens is 3. The van der Waals surface area contributed by atoms with Crippen molar-refractivity contribution in [2.75, 3.05) is 6.54 Å². The third kappa shape index (κ3) is 1.75. The smallest absolute Gasteiger partial charge is 0.297 e. The van der Waals surface area contributed by atoms with Gasteiger partial charge in [-0.1, -0.05) is 30.3 Å². The fraction of sp³-hybridized carbons (Fsp3) is 0.400. The van der Waals surface area contributed by atoms with Crippen LogP contribution in [0.25, 0.3) is 0 Å². The summed E-state index contributed by atoms with van der Waals surface area (Å²) in [7, 11) is 0. The van der Waals surface area contributed by atoms with Crippen molar-refractivity contribution in [3.8, 4) is 0 Å². The largest absolute Gasteiger partial charge is 0.325 e. The van der Waals surface area contributed by atoms with Crippen LogP contribution in [0.5, 0.6) is 0 Å². The summed E-state index contributed by atoms with van der Waals surface area (Å²) < 4.78 is 40.0. The Morgan fingerprint density at radius 2 is 1.64 bits per heavy atom. The van der Waals surface area contributed by atoms with Crippen LogP contribution in [0.15, 0.2) is 30.3 Å². The molecule has 1 nitrogen and oxygen atoms in total. The molecule has 0 fully saturated rings. The minimum atomic E-state index is -3.55. The number of hydrogen-bond donors (Lipinski definition) is 1. The van der Waals surface area contributed by atoms with Gasteiger partial charge in [0.2, 0.25) is 0 Å². The van der Waals surface area contributed by atoms with E-state index >= 15 is 0 Å². The van der Waals surface area contributed by atoms with Gasteiger partial charge < -0.3 is 5.73 Å². The summed E-state index contributed by atoms with van der Waals surface area (Å²) in [5.74, 6) is -3.55. The Morgan fingerprint density at radius 1 is 1.14 bits per heavy atom. The summed E-state index contributed by atoms with van der Waals surface area (Å²) in [6.07, 6.45) is 0. The first kappa shape index (κ1) is 11.0. The molecule has 0 spiro atoms. The van der Waals surface area contributed by atoms with Gasteiger partial charge in [-0.05, 0) is 12.5 Å². The molecule has 0 saturated heterocycles. The predicted molar refractivity (Wildman–Crippen MR) is 48.9 cm³/mol. The van der Waals surface area contributed by atoms with Gasteiger partial charge in [0.1, 0.15) is 0 Å². The van der Waals surface area contributed by atoms with Gasteiger partial charge in [-0.2, -0.15) is 0 Å². The van der Waals surface area contributed by atoms with Crippen molar-refractivity contribution in [3.05, 3.63) is 35.9 Å². The van der Waals surface area contributed by atoms with Gasteiger partial charge in [0, 0.05) is 0 Å². The number of rotatable bonds is 3. The van der Waals surface area contributed by atoms with Crippen LogP contribution in [-0.4, -0.2) is 12.5 Å². The van der Waals surface area contributed by atoms with E-state index in [0.29, 0.717) is 0 Å². The highest BCUT2D eigenvalue weighted by molar-refractivity contribution is 5.24. The second-order valence-electron chi connectivity index (χ2n) is 3.28. The Labute approximate surface area is 80.7 Å². The van der Waals surface area contributed by atoms with Crippen molar-refractivity contribution in [2.24, 2.45) is 5.73 Å². The standard InChI is InChI=1S/C10H12F3N/c1-9(11,10(12,13)7-14)8-5-3-2-4-6-8/h2-6H,7,14H2,1H3. The molecule has 4 heteroatoms. The van der Waals surface area contributed by atoms with Gasteiger partial charge in [-0.25, -0.2) is 13.2 Å². The first-order valence-corrected chi connectivity index (χ1v) is 4.24. The minimum Gasteiger partial charge on any atom is -0.325 e. The van der Waals surface area contributed by atoms with Crippen LogP contribution in [0.4, 0.5) is 13.2 Å². The van der Waals surface area contributed by atoms with Crippen molar-refractivity contribution in [1.82, 2.24) is 0 Å². The third-order valence-electron chi connectivity index (χ3n) is 2.26. The fourth-order valence-electron chi connectivity index (χ4n) is 1.15. The third-order valence-corrected chi connectivity index (χ3v) is 2.26. The van der Waals surface area contributed by atoms with Crippen LogP contribution in [0.2, 0.25) is 0 Å². The summed E-state index contributed by atoms with van der Waals surface area (Å²) in [5.41, 5.74) is 2.06. The maximum atomic E-state index is 13.8. The molecule has 0 aliphatic carbocycles. The van der Waals surface area contributed by atoms with Gasteiger partial charge in [0.05, 0.1) is 6.54 Å². The topological polar surface area (TPSA) is 26.0 Å². The second-order valence-corrected chi connectivity index (χ2v) is 3.28. The highest BCUT2D eigenvalue weighted by atomic mass is 19.3. The quantitative estimate of drug-likeness (QED) is 0.802. The van der Waals surface area contributed by atoms with Gasteiger partial charge in [0.15, 0.2) is 5.67 Å². The molecule has 0 heterocycles. The molecule has 2 N–H and O–H groups in total. The SMILES string of the molecule is CC(F)(c1ccccc1)C(F)(F)CN. The lowest BCUT2D eigenvalue weighted by molar-refractivity contribution is -0.126. The first-order chi connectivity index (χ1) is 6.42. The molecule has 0 aromatic heterocycles. The Morgan fingerprint density at radius 3 is 2.07 bits per heavy atom. The Bertz CT molecular complexity index is 295. The van der Waals surface area contributed by atoms with Gasteiger partial charge in [-0.3, -0.25) is 0 Å². The minimum absolute atomic E-state index is 0.0598. The summed E-state index contributed by atoms with van der Waals surface area (Å²) in [5, 5.41) is 0. The molecule has 0 amide bonds. The molecule has 1 aromatic rings. The van der Waals surface area contributed by atoms with E-state index in [0.717, 1.165) is 6.92 Å². The van der Waals surface area contributed by atoms with Crippen molar-refractivity contribution in [2.45, 2.75) is 18.5 Å². The van der Waals surface area contributed by atoms with Crippen molar-refractivity contribution in [3.63, 3.8) is 0 Å². The Hall–Kier alpha value is -1.03. The Balaban J connectivity index is 3.08. The number of nitrogens with two attached hydrogens (primary N) is 1. The average Bonchev–Trinajstić information content (AvgIpc) is 2.19. The van der Waals surface area contributed by atoms with E-state index in [9.17, 15) is 13.2 Å². The molecule has 1 rings (SSSR count). The van der Waals surface area contributed by atoms with Crippen molar-refractivity contribution in [1.29, 1.82) is 0 Å². The van der Waals surface area contributed by atoms with Crippen LogP contribution >= 0.6 is 0 Å². The van der Waals surface area contributed by atoms with Gasteiger partial charge >= 0.3 is 0 Å². The van der Waals surface area contributed by atoms with Crippen LogP contribution in [-0.2, 0) is 5.67 Å². The van der Waals surface area contributed by atoms with Crippen LogP contribution in [0.3, 0.4) is 0 Å². The molecule has 78 valence electrons. The normalized spacial score (nSPS) is 16.4. The average molecular weight is 203 g/mol. The molecule has 0 saturated carbocycles. The second kappa shape index (κ2) is 3.61. The number of alkyl halides is 3. The zero-order valence-electron chi connectivity index (χ0n) is 7.81. The molecule has 0 aliphatic heterocycles. The van der Waals surface area contributed by atoms with E-state index in [-0.39, 0.29) is 5.56 Å². The summed E-state index contributed by atoms with van der Waals surface area (Å²) >= 11 is 0.